The maximum atomic E-state index is 10.7. The van der Waals surface area contributed by atoms with Gasteiger partial charge in [0, 0.05) is 5.56 Å². The van der Waals surface area contributed by atoms with Gasteiger partial charge in [0.1, 0.15) is 5.76 Å². The molecule has 90 valence electrons. The van der Waals surface area contributed by atoms with Crippen molar-refractivity contribution in [3.63, 3.8) is 0 Å². The van der Waals surface area contributed by atoms with Crippen molar-refractivity contribution in [1.82, 2.24) is 5.32 Å². The normalized spacial score (nSPS) is 10.6. The van der Waals surface area contributed by atoms with E-state index in [9.17, 15) is 4.79 Å². The summed E-state index contributed by atoms with van der Waals surface area (Å²) in [6.07, 6.45) is 3.18. The van der Waals surface area contributed by atoms with Crippen molar-refractivity contribution in [2.75, 3.05) is 18.6 Å². The number of thioether (sulfide) groups is 1. The van der Waals surface area contributed by atoms with Crippen LogP contribution in [0.2, 0.25) is 0 Å². The standard InChI is InChI=1S/C11H17NO3S/c1-8-6-9(15-10(8)11(13)14)7-12-4-3-5-16-2/h6,12H,3-5,7H2,1-2H3,(H,13,14). The maximum Gasteiger partial charge on any atom is 0.372 e. The van der Waals surface area contributed by atoms with Gasteiger partial charge in [-0.3, -0.25) is 0 Å². The maximum absolute atomic E-state index is 10.7. The zero-order valence-electron chi connectivity index (χ0n) is 9.58. The highest BCUT2D eigenvalue weighted by molar-refractivity contribution is 7.98. The third-order valence-corrected chi connectivity index (χ3v) is 2.86. The third kappa shape index (κ3) is 3.90. The lowest BCUT2D eigenvalue weighted by atomic mass is 10.2. The van der Waals surface area contributed by atoms with Crippen molar-refractivity contribution >= 4 is 17.7 Å². The lowest BCUT2D eigenvalue weighted by Crippen LogP contribution is -2.14. The van der Waals surface area contributed by atoms with Crippen LogP contribution >= 0.6 is 11.8 Å². The molecule has 0 amide bonds. The molecular weight excluding hydrogens is 226 g/mol. The van der Waals surface area contributed by atoms with Crippen LogP contribution in [0.15, 0.2) is 10.5 Å². The van der Waals surface area contributed by atoms with E-state index in [0.29, 0.717) is 17.9 Å². The summed E-state index contributed by atoms with van der Waals surface area (Å²) >= 11 is 1.82. The summed E-state index contributed by atoms with van der Waals surface area (Å²) in [6, 6.07) is 1.77. The van der Waals surface area contributed by atoms with E-state index in [1.807, 2.05) is 11.8 Å². The first-order valence-electron chi connectivity index (χ1n) is 5.17. The second-order valence-electron chi connectivity index (χ2n) is 3.55. The molecule has 0 saturated heterocycles. The summed E-state index contributed by atoms with van der Waals surface area (Å²) in [6.45, 7) is 3.25. The second-order valence-corrected chi connectivity index (χ2v) is 4.54. The van der Waals surface area contributed by atoms with E-state index in [2.05, 4.69) is 11.6 Å². The predicted octanol–water partition coefficient (Wildman–Crippen LogP) is 2.13. The minimum absolute atomic E-state index is 0.0425. The molecule has 0 unspecified atom stereocenters. The lowest BCUT2D eigenvalue weighted by molar-refractivity contribution is 0.0659. The van der Waals surface area contributed by atoms with E-state index in [-0.39, 0.29) is 5.76 Å². The van der Waals surface area contributed by atoms with Gasteiger partial charge in [-0.25, -0.2) is 4.79 Å². The van der Waals surface area contributed by atoms with Gasteiger partial charge < -0.3 is 14.8 Å². The molecule has 0 aromatic carbocycles. The van der Waals surface area contributed by atoms with E-state index >= 15 is 0 Å². The molecule has 0 bridgehead atoms. The monoisotopic (exact) mass is 243 g/mol. The highest BCUT2D eigenvalue weighted by atomic mass is 32.2. The molecule has 16 heavy (non-hydrogen) atoms. The molecule has 0 fully saturated rings. The highest BCUT2D eigenvalue weighted by Gasteiger charge is 2.13. The first-order chi connectivity index (χ1) is 7.65. The SMILES string of the molecule is CSCCCNCc1cc(C)c(C(=O)O)o1. The molecule has 0 aliphatic carbocycles. The highest BCUT2D eigenvalue weighted by Crippen LogP contribution is 2.14. The molecule has 0 aliphatic rings. The minimum Gasteiger partial charge on any atom is -0.475 e. The average molecular weight is 243 g/mol. The van der Waals surface area contributed by atoms with Gasteiger partial charge in [0.05, 0.1) is 6.54 Å². The topological polar surface area (TPSA) is 62.5 Å². The molecule has 0 aliphatic heterocycles. The smallest absolute Gasteiger partial charge is 0.372 e. The van der Waals surface area contributed by atoms with E-state index in [0.717, 1.165) is 18.7 Å². The summed E-state index contributed by atoms with van der Waals surface area (Å²) < 4.78 is 5.22. The van der Waals surface area contributed by atoms with Gasteiger partial charge in [0.2, 0.25) is 5.76 Å². The Morgan fingerprint density at radius 2 is 2.38 bits per heavy atom. The van der Waals surface area contributed by atoms with Crippen LogP contribution in [0.4, 0.5) is 0 Å². The molecule has 1 aromatic heterocycles. The Morgan fingerprint density at radius 3 is 2.94 bits per heavy atom. The molecule has 0 atom stereocenters. The third-order valence-electron chi connectivity index (χ3n) is 2.16. The van der Waals surface area contributed by atoms with Crippen LogP contribution < -0.4 is 5.32 Å². The first kappa shape index (κ1) is 13.1. The van der Waals surface area contributed by atoms with E-state index in [4.69, 9.17) is 9.52 Å². The van der Waals surface area contributed by atoms with Crippen LogP contribution in [0, 0.1) is 6.92 Å². The van der Waals surface area contributed by atoms with Crippen LogP contribution in [-0.4, -0.2) is 29.6 Å². The summed E-state index contributed by atoms with van der Waals surface area (Å²) in [5, 5.41) is 12.0. The van der Waals surface area contributed by atoms with Crippen LogP contribution in [0.1, 0.15) is 28.3 Å². The van der Waals surface area contributed by atoms with Gasteiger partial charge in [-0.1, -0.05) is 0 Å². The lowest BCUT2D eigenvalue weighted by Gasteiger charge is -2.00. The van der Waals surface area contributed by atoms with Crippen LogP contribution in [0.5, 0.6) is 0 Å². The molecule has 5 heteroatoms. The summed E-state index contributed by atoms with van der Waals surface area (Å²) in [7, 11) is 0. The van der Waals surface area contributed by atoms with Gasteiger partial charge in [0.25, 0.3) is 0 Å². The quantitative estimate of drug-likeness (QED) is 0.718. The molecule has 2 N–H and O–H groups in total. The van der Waals surface area contributed by atoms with Crippen LogP contribution in [0.25, 0.3) is 0 Å². The number of rotatable bonds is 7. The van der Waals surface area contributed by atoms with Crippen molar-refractivity contribution in [2.24, 2.45) is 0 Å². The fraction of sp³-hybridized carbons (Fsp3) is 0.545. The second kappa shape index (κ2) is 6.60. The summed E-state index contributed by atoms with van der Waals surface area (Å²) in [4.78, 5) is 10.7. The number of furan rings is 1. The Morgan fingerprint density at radius 1 is 1.62 bits per heavy atom. The van der Waals surface area contributed by atoms with Gasteiger partial charge in [-0.2, -0.15) is 11.8 Å². The number of nitrogens with one attached hydrogen (secondary N) is 1. The number of aromatic carboxylic acids is 1. The Kier molecular flexibility index (Phi) is 5.42. The number of carboxylic acids is 1. The Bertz CT molecular complexity index is 349. The van der Waals surface area contributed by atoms with Crippen LogP contribution in [-0.2, 0) is 6.54 Å². The van der Waals surface area contributed by atoms with Gasteiger partial charge in [-0.15, -0.1) is 0 Å². The van der Waals surface area contributed by atoms with Crippen molar-refractivity contribution in [2.45, 2.75) is 19.9 Å². The Balaban J connectivity index is 2.37. The van der Waals surface area contributed by atoms with Crippen molar-refractivity contribution in [1.29, 1.82) is 0 Å². The molecule has 1 rings (SSSR count). The van der Waals surface area contributed by atoms with Crippen molar-refractivity contribution < 1.29 is 14.3 Å². The zero-order chi connectivity index (χ0) is 12.0. The number of hydrogen-bond donors (Lipinski definition) is 2. The van der Waals surface area contributed by atoms with Crippen molar-refractivity contribution in [3.05, 3.63) is 23.2 Å². The average Bonchev–Trinajstić information content (AvgIpc) is 2.59. The minimum atomic E-state index is -1.01. The largest absolute Gasteiger partial charge is 0.475 e. The van der Waals surface area contributed by atoms with Crippen molar-refractivity contribution in [3.8, 4) is 0 Å². The van der Waals surface area contributed by atoms with Gasteiger partial charge in [-0.05, 0) is 38.0 Å². The number of aryl methyl sites for hydroxylation is 1. The Hall–Kier alpha value is -0.940. The van der Waals surface area contributed by atoms with E-state index in [1.54, 1.807) is 13.0 Å². The number of hydrogen-bond acceptors (Lipinski definition) is 4. The predicted molar refractivity (Wildman–Crippen MR) is 65.1 cm³/mol. The Labute approximate surface area is 99.4 Å². The fourth-order valence-electron chi connectivity index (χ4n) is 1.40. The van der Waals surface area contributed by atoms with Gasteiger partial charge >= 0.3 is 5.97 Å². The molecule has 0 radical (unpaired) electrons. The molecule has 0 spiro atoms. The molecular formula is C11H17NO3S. The zero-order valence-corrected chi connectivity index (χ0v) is 10.4. The van der Waals surface area contributed by atoms with E-state index in [1.165, 1.54) is 0 Å². The molecule has 1 aromatic rings. The molecule has 4 nitrogen and oxygen atoms in total. The summed E-state index contributed by atoms with van der Waals surface area (Å²) in [5.74, 6) is 0.844. The fourth-order valence-corrected chi connectivity index (χ4v) is 1.83. The molecule has 0 saturated carbocycles. The first-order valence-corrected chi connectivity index (χ1v) is 6.56. The summed E-state index contributed by atoms with van der Waals surface area (Å²) in [5.41, 5.74) is 0.674. The van der Waals surface area contributed by atoms with E-state index < -0.39 is 5.97 Å². The number of carbonyl (C=O) groups is 1. The number of carboxylic acid groups (broad SMARTS) is 1. The van der Waals surface area contributed by atoms with Crippen LogP contribution in [0.3, 0.4) is 0 Å². The van der Waals surface area contributed by atoms with Gasteiger partial charge in [0.15, 0.2) is 0 Å². The molecule has 1 heterocycles.